The van der Waals surface area contributed by atoms with Crippen molar-refractivity contribution >= 4 is 16.8 Å². The molecule has 0 fully saturated rings. The SMILES string of the molecule is C[C@@H](c1ccccc1)c1cc(C(N)=O)c2ccccc2n1. The van der Waals surface area contributed by atoms with Crippen LogP contribution >= 0.6 is 0 Å². The topological polar surface area (TPSA) is 56.0 Å². The Morgan fingerprint density at radius 3 is 2.43 bits per heavy atom. The van der Waals surface area contributed by atoms with Gasteiger partial charge in [-0.2, -0.15) is 0 Å². The molecule has 0 aliphatic heterocycles. The highest BCUT2D eigenvalue weighted by Crippen LogP contribution is 2.26. The molecule has 3 heteroatoms. The first-order valence-electron chi connectivity index (χ1n) is 6.91. The number of nitrogens with zero attached hydrogens (tertiary/aromatic N) is 1. The first kappa shape index (κ1) is 13.3. The molecule has 3 aromatic rings. The van der Waals surface area contributed by atoms with E-state index >= 15 is 0 Å². The second-order valence-corrected chi connectivity index (χ2v) is 5.11. The molecule has 104 valence electrons. The summed E-state index contributed by atoms with van der Waals surface area (Å²) in [4.78, 5) is 16.4. The maximum absolute atomic E-state index is 11.7. The molecular formula is C18H16N2O. The maximum Gasteiger partial charge on any atom is 0.249 e. The average Bonchev–Trinajstić information content (AvgIpc) is 2.53. The molecule has 2 aromatic carbocycles. The summed E-state index contributed by atoms with van der Waals surface area (Å²) < 4.78 is 0. The van der Waals surface area contributed by atoms with Gasteiger partial charge >= 0.3 is 0 Å². The third-order valence-electron chi connectivity index (χ3n) is 3.74. The van der Waals surface area contributed by atoms with Crippen molar-refractivity contribution in [3.63, 3.8) is 0 Å². The number of para-hydroxylation sites is 1. The van der Waals surface area contributed by atoms with Crippen molar-refractivity contribution in [3.05, 3.63) is 77.5 Å². The van der Waals surface area contributed by atoms with Crippen LogP contribution in [0.3, 0.4) is 0 Å². The zero-order valence-corrected chi connectivity index (χ0v) is 11.8. The lowest BCUT2D eigenvalue weighted by Gasteiger charge is -2.14. The number of nitrogens with two attached hydrogens (primary N) is 1. The van der Waals surface area contributed by atoms with Crippen molar-refractivity contribution < 1.29 is 4.79 Å². The number of carbonyl (C=O) groups excluding carboxylic acids is 1. The van der Waals surface area contributed by atoms with E-state index in [1.165, 1.54) is 0 Å². The van der Waals surface area contributed by atoms with Crippen LogP contribution in [0.25, 0.3) is 10.9 Å². The number of aromatic nitrogens is 1. The monoisotopic (exact) mass is 276 g/mol. The Bertz CT molecular complexity index is 797. The fourth-order valence-electron chi connectivity index (χ4n) is 2.53. The van der Waals surface area contributed by atoms with Gasteiger partial charge in [0.2, 0.25) is 5.91 Å². The molecule has 0 saturated heterocycles. The second-order valence-electron chi connectivity index (χ2n) is 5.11. The van der Waals surface area contributed by atoms with Gasteiger partial charge in [0.05, 0.1) is 11.1 Å². The molecule has 2 N–H and O–H groups in total. The number of benzene rings is 2. The molecule has 1 aromatic heterocycles. The number of primary amides is 1. The van der Waals surface area contributed by atoms with Crippen molar-refractivity contribution in [1.29, 1.82) is 0 Å². The Hall–Kier alpha value is -2.68. The third-order valence-corrected chi connectivity index (χ3v) is 3.74. The smallest absolute Gasteiger partial charge is 0.249 e. The number of amides is 1. The van der Waals surface area contributed by atoms with Crippen LogP contribution in [0.2, 0.25) is 0 Å². The summed E-state index contributed by atoms with van der Waals surface area (Å²) in [7, 11) is 0. The number of hydrogen-bond donors (Lipinski definition) is 1. The largest absolute Gasteiger partial charge is 0.366 e. The van der Waals surface area contributed by atoms with Gasteiger partial charge in [-0.05, 0) is 17.7 Å². The van der Waals surface area contributed by atoms with Crippen LogP contribution in [0, 0.1) is 0 Å². The Morgan fingerprint density at radius 2 is 1.71 bits per heavy atom. The maximum atomic E-state index is 11.7. The van der Waals surface area contributed by atoms with E-state index < -0.39 is 5.91 Å². The molecule has 0 spiro atoms. The van der Waals surface area contributed by atoms with Gasteiger partial charge in [0.25, 0.3) is 0 Å². The summed E-state index contributed by atoms with van der Waals surface area (Å²) in [5, 5.41) is 0.800. The Labute approximate surface area is 123 Å². The summed E-state index contributed by atoms with van der Waals surface area (Å²) in [6, 6.07) is 19.5. The summed E-state index contributed by atoms with van der Waals surface area (Å²) in [6.45, 7) is 2.08. The van der Waals surface area contributed by atoms with Crippen molar-refractivity contribution in [1.82, 2.24) is 4.98 Å². The van der Waals surface area contributed by atoms with Crippen LogP contribution in [0.5, 0.6) is 0 Å². The van der Waals surface area contributed by atoms with E-state index in [1.807, 2.05) is 48.5 Å². The van der Waals surface area contributed by atoms with E-state index in [-0.39, 0.29) is 5.92 Å². The Kier molecular flexibility index (Phi) is 3.40. The molecule has 3 rings (SSSR count). The molecule has 0 aliphatic carbocycles. The first-order chi connectivity index (χ1) is 10.2. The molecule has 1 heterocycles. The van der Waals surface area contributed by atoms with Crippen LogP contribution < -0.4 is 5.73 Å². The van der Waals surface area contributed by atoms with Crippen LogP contribution in [-0.4, -0.2) is 10.9 Å². The molecule has 1 atom stereocenters. The van der Waals surface area contributed by atoms with Crippen LogP contribution in [0.1, 0.15) is 34.5 Å². The van der Waals surface area contributed by atoms with Crippen molar-refractivity contribution in [3.8, 4) is 0 Å². The number of pyridine rings is 1. The van der Waals surface area contributed by atoms with E-state index in [0.29, 0.717) is 5.56 Å². The summed E-state index contributed by atoms with van der Waals surface area (Å²) in [5.41, 5.74) is 8.86. The molecule has 0 radical (unpaired) electrons. The van der Waals surface area contributed by atoms with Crippen molar-refractivity contribution in [2.45, 2.75) is 12.8 Å². The van der Waals surface area contributed by atoms with E-state index in [4.69, 9.17) is 5.73 Å². The highest BCUT2D eigenvalue weighted by molar-refractivity contribution is 6.05. The molecule has 3 nitrogen and oxygen atoms in total. The number of fused-ring (bicyclic) bond motifs is 1. The number of hydrogen-bond acceptors (Lipinski definition) is 2. The minimum Gasteiger partial charge on any atom is -0.366 e. The van der Waals surface area contributed by atoms with Gasteiger partial charge in [-0.15, -0.1) is 0 Å². The second kappa shape index (κ2) is 5.37. The van der Waals surface area contributed by atoms with Crippen LogP contribution in [-0.2, 0) is 0 Å². The van der Waals surface area contributed by atoms with Crippen molar-refractivity contribution in [2.75, 3.05) is 0 Å². The predicted molar refractivity (Wildman–Crippen MR) is 84.2 cm³/mol. The quantitative estimate of drug-likeness (QED) is 0.796. The third kappa shape index (κ3) is 2.50. The zero-order chi connectivity index (χ0) is 14.8. The van der Waals surface area contributed by atoms with Gasteiger partial charge in [0.1, 0.15) is 0 Å². The first-order valence-corrected chi connectivity index (χ1v) is 6.91. The van der Waals surface area contributed by atoms with E-state index in [2.05, 4.69) is 24.0 Å². The van der Waals surface area contributed by atoms with Crippen LogP contribution in [0.15, 0.2) is 60.7 Å². The van der Waals surface area contributed by atoms with Gasteiger partial charge in [0, 0.05) is 17.0 Å². The van der Waals surface area contributed by atoms with Gasteiger partial charge < -0.3 is 5.73 Å². The van der Waals surface area contributed by atoms with Gasteiger partial charge in [-0.3, -0.25) is 9.78 Å². The predicted octanol–water partition coefficient (Wildman–Crippen LogP) is 3.49. The molecule has 0 saturated carbocycles. The molecule has 0 aliphatic rings. The minimum atomic E-state index is -0.421. The standard InChI is InChI=1S/C18H16N2O/c1-12(13-7-3-2-4-8-13)17-11-15(18(19)21)14-9-5-6-10-16(14)20-17/h2-12H,1H3,(H2,19,21)/t12-/m0/s1. The van der Waals surface area contributed by atoms with Gasteiger partial charge in [-0.25, -0.2) is 0 Å². The summed E-state index contributed by atoms with van der Waals surface area (Å²) in [5.74, 6) is -0.316. The van der Waals surface area contributed by atoms with E-state index in [9.17, 15) is 4.79 Å². The van der Waals surface area contributed by atoms with E-state index in [0.717, 1.165) is 22.2 Å². The van der Waals surface area contributed by atoms with Gasteiger partial charge in [0.15, 0.2) is 0 Å². The van der Waals surface area contributed by atoms with Gasteiger partial charge in [-0.1, -0.05) is 55.5 Å². The molecule has 0 unspecified atom stereocenters. The fraction of sp³-hybridized carbons (Fsp3) is 0.111. The summed E-state index contributed by atoms with van der Waals surface area (Å²) >= 11 is 0. The number of rotatable bonds is 3. The molecule has 1 amide bonds. The number of carbonyl (C=O) groups is 1. The Balaban J connectivity index is 2.18. The normalized spacial score (nSPS) is 12.2. The summed E-state index contributed by atoms with van der Waals surface area (Å²) in [6.07, 6.45) is 0. The average molecular weight is 276 g/mol. The molecule has 0 bridgehead atoms. The minimum absolute atomic E-state index is 0.105. The van der Waals surface area contributed by atoms with Crippen molar-refractivity contribution in [2.24, 2.45) is 5.73 Å². The Morgan fingerprint density at radius 1 is 1.05 bits per heavy atom. The lowest BCUT2D eigenvalue weighted by Crippen LogP contribution is -2.13. The molecule has 21 heavy (non-hydrogen) atoms. The fourth-order valence-corrected chi connectivity index (χ4v) is 2.53. The lowest BCUT2D eigenvalue weighted by atomic mass is 9.95. The molecular weight excluding hydrogens is 260 g/mol. The highest BCUT2D eigenvalue weighted by Gasteiger charge is 2.15. The highest BCUT2D eigenvalue weighted by atomic mass is 16.1. The lowest BCUT2D eigenvalue weighted by molar-refractivity contribution is 0.100. The van der Waals surface area contributed by atoms with E-state index in [1.54, 1.807) is 0 Å². The van der Waals surface area contributed by atoms with Crippen LogP contribution in [0.4, 0.5) is 0 Å². The zero-order valence-electron chi connectivity index (χ0n) is 11.8.